The van der Waals surface area contributed by atoms with Gasteiger partial charge in [0.1, 0.15) is 6.17 Å². The second-order valence-corrected chi connectivity index (χ2v) is 7.39. The number of carbonyl (C=O) groups excluding carboxylic acids is 2. The van der Waals surface area contributed by atoms with Gasteiger partial charge in [-0.2, -0.15) is 0 Å². The molecule has 2 atom stereocenters. The normalized spacial score (nSPS) is 38.0. The molecule has 0 radical (unpaired) electrons. The zero-order valence-electron chi connectivity index (χ0n) is 14.0. The van der Waals surface area contributed by atoms with E-state index in [0.717, 1.165) is 38.5 Å². The SMILES string of the molecule is [C-]#[N+][C@@H]1C[C@H](F)CN1C(=O)CNC12CCC(C(=O)OC)(CC1)CC2. The summed E-state index contributed by atoms with van der Waals surface area (Å²) in [6, 6.07) is 0. The summed E-state index contributed by atoms with van der Waals surface area (Å²) in [6.07, 6.45) is 3.20. The van der Waals surface area contributed by atoms with Gasteiger partial charge in [-0.05, 0) is 38.5 Å². The Morgan fingerprint density at radius 1 is 1.29 bits per heavy atom. The van der Waals surface area contributed by atoms with Gasteiger partial charge in [0.15, 0.2) is 0 Å². The lowest BCUT2D eigenvalue weighted by Gasteiger charge is -2.52. The van der Waals surface area contributed by atoms with Crippen LogP contribution >= 0.6 is 0 Å². The molecule has 1 heterocycles. The molecule has 3 aliphatic carbocycles. The molecule has 132 valence electrons. The molecule has 0 aromatic heterocycles. The van der Waals surface area contributed by atoms with Gasteiger partial charge in [0.2, 0.25) is 5.91 Å². The lowest BCUT2D eigenvalue weighted by molar-refractivity contribution is -0.160. The van der Waals surface area contributed by atoms with Crippen molar-refractivity contribution in [3.05, 3.63) is 11.4 Å². The summed E-state index contributed by atoms with van der Waals surface area (Å²) in [5, 5.41) is 3.36. The highest BCUT2D eigenvalue weighted by molar-refractivity contribution is 5.79. The van der Waals surface area contributed by atoms with Crippen molar-refractivity contribution >= 4 is 11.9 Å². The van der Waals surface area contributed by atoms with Gasteiger partial charge in [-0.15, -0.1) is 0 Å². The average molecular weight is 337 g/mol. The molecule has 1 saturated heterocycles. The molecular weight excluding hydrogens is 313 g/mol. The maximum atomic E-state index is 13.5. The van der Waals surface area contributed by atoms with E-state index in [1.54, 1.807) is 0 Å². The minimum Gasteiger partial charge on any atom is -0.469 e. The first-order valence-corrected chi connectivity index (χ1v) is 8.57. The summed E-state index contributed by atoms with van der Waals surface area (Å²) >= 11 is 0. The van der Waals surface area contributed by atoms with Gasteiger partial charge in [0.25, 0.3) is 0 Å². The molecule has 3 saturated carbocycles. The van der Waals surface area contributed by atoms with Gasteiger partial charge in [-0.3, -0.25) is 19.3 Å². The van der Waals surface area contributed by atoms with E-state index in [9.17, 15) is 14.0 Å². The van der Waals surface area contributed by atoms with E-state index in [1.807, 2.05) is 0 Å². The predicted octanol–water partition coefficient (Wildman–Crippen LogP) is 1.66. The highest BCUT2D eigenvalue weighted by atomic mass is 19.1. The first kappa shape index (κ1) is 17.2. The highest BCUT2D eigenvalue weighted by Crippen LogP contribution is 2.52. The molecule has 1 aliphatic heterocycles. The largest absolute Gasteiger partial charge is 0.469 e. The summed E-state index contributed by atoms with van der Waals surface area (Å²) in [6.45, 7) is 7.25. The summed E-state index contributed by atoms with van der Waals surface area (Å²) in [5.41, 5.74) is -0.457. The average Bonchev–Trinajstić information content (AvgIpc) is 3.01. The number of ether oxygens (including phenoxy) is 1. The molecule has 2 bridgehead atoms. The summed E-state index contributed by atoms with van der Waals surface area (Å²) in [4.78, 5) is 29.1. The van der Waals surface area contributed by atoms with Crippen molar-refractivity contribution in [2.24, 2.45) is 5.41 Å². The van der Waals surface area contributed by atoms with Gasteiger partial charge >= 0.3 is 12.1 Å². The van der Waals surface area contributed by atoms with Gasteiger partial charge in [0.05, 0.1) is 32.0 Å². The fraction of sp³-hybridized carbons (Fsp3) is 0.824. The molecule has 6 nitrogen and oxygen atoms in total. The lowest BCUT2D eigenvalue weighted by Crippen LogP contribution is -2.58. The highest BCUT2D eigenvalue weighted by Gasteiger charge is 2.53. The summed E-state index contributed by atoms with van der Waals surface area (Å²) < 4.78 is 18.4. The number of nitrogens with zero attached hydrogens (tertiary/aromatic N) is 2. The van der Waals surface area contributed by atoms with Crippen LogP contribution in [0.2, 0.25) is 0 Å². The number of methoxy groups -OCH3 is 1. The number of rotatable bonds is 4. The van der Waals surface area contributed by atoms with E-state index in [2.05, 4.69) is 10.2 Å². The van der Waals surface area contributed by atoms with Crippen LogP contribution in [0.1, 0.15) is 44.9 Å². The fourth-order valence-corrected chi connectivity index (χ4v) is 4.49. The van der Waals surface area contributed by atoms with E-state index >= 15 is 0 Å². The topological polar surface area (TPSA) is 63.0 Å². The monoisotopic (exact) mass is 337 g/mol. The molecule has 0 aromatic rings. The van der Waals surface area contributed by atoms with Gasteiger partial charge in [-0.25, -0.2) is 11.0 Å². The summed E-state index contributed by atoms with van der Waals surface area (Å²) in [5.74, 6) is -0.321. The number of amides is 1. The van der Waals surface area contributed by atoms with Gasteiger partial charge in [0, 0.05) is 5.54 Å². The van der Waals surface area contributed by atoms with Crippen molar-refractivity contribution < 1.29 is 18.7 Å². The second kappa shape index (κ2) is 6.32. The zero-order chi connectivity index (χ0) is 17.4. The number of esters is 1. The Labute approximate surface area is 141 Å². The first-order chi connectivity index (χ1) is 11.4. The van der Waals surface area contributed by atoms with Crippen LogP contribution in [0.25, 0.3) is 4.85 Å². The molecule has 0 aromatic carbocycles. The van der Waals surface area contributed by atoms with Gasteiger partial charge < -0.3 is 10.1 Å². The molecule has 0 spiro atoms. The third-order valence-corrected chi connectivity index (χ3v) is 6.17. The molecule has 1 N–H and O–H groups in total. The third-order valence-electron chi connectivity index (χ3n) is 6.17. The van der Waals surface area contributed by atoms with Crippen molar-refractivity contribution in [2.75, 3.05) is 20.2 Å². The Kier molecular flexibility index (Phi) is 4.52. The Morgan fingerprint density at radius 2 is 1.92 bits per heavy atom. The molecule has 4 aliphatic rings. The third kappa shape index (κ3) is 2.88. The number of fused-ring (bicyclic) bond motifs is 3. The molecule has 0 unspecified atom stereocenters. The molecule has 4 fully saturated rings. The van der Waals surface area contributed by atoms with Crippen molar-refractivity contribution in [3.63, 3.8) is 0 Å². The number of alkyl halides is 1. The van der Waals surface area contributed by atoms with Crippen LogP contribution < -0.4 is 5.32 Å². The fourth-order valence-electron chi connectivity index (χ4n) is 4.49. The number of carbonyl (C=O) groups is 2. The Bertz CT molecular complexity index is 549. The van der Waals surface area contributed by atoms with Crippen LogP contribution in [-0.4, -0.2) is 54.9 Å². The minimum atomic E-state index is -1.10. The number of likely N-dealkylation sites (tertiary alicyclic amines) is 1. The standard InChI is InChI=1S/C17H24FN3O3/c1-19-13-9-12(18)11-21(13)14(22)10-20-17-6-3-16(4-7-17,5-8-17)15(23)24-2/h12-13,20H,3-11H2,2H3/t12-,13-,16?,17?/m0/s1. The maximum absolute atomic E-state index is 13.5. The van der Waals surface area contributed by atoms with Crippen molar-refractivity contribution in [1.29, 1.82) is 0 Å². The van der Waals surface area contributed by atoms with Crippen LogP contribution in [0, 0.1) is 12.0 Å². The molecule has 7 heteroatoms. The van der Waals surface area contributed by atoms with Gasteiger partial charge in [-0.1, -0.05) is 0 Å². The van der Waals surface area contributed by atoms with E-state index in [-0.39, 0.29) is 42.3 Å². The number of halogens is 1. The van der Waals surface area contributed by atoms with Crippen LogP contribution in [0.5, 0.6) is 0 Å². The van der Waals surface area contributed by atoms with Crippen LogP contribution in [0.15, 0.2) is 0 Å². The van der Waals surface area contributed by atoms with Crippen molar-refractivity contribution in [1.82, 2.24) is 10.2 Å². The first-order valence-electron chi connectivity index (χ1n) is 8.57. The van der Waals surface area contributed by atoms with Crippen LogP contribution in [0.4, 0.5) is 4.39 Å². The zero-order valence-corrected chi connectivity index (χ0v) is 14.0. The van der Waals surface area contributed by atoms with E-state index in [1.165, 1.54) is 12.0 Å². The van der Waals surface area contributed by atoms with E-state index in [0.29, 0.717) is 0 Å². The molecule has 4 rings (SSSR count). The van der Waals surface area contributed by atoms with Crippen LogP contribution in [-0.2, 0) is 14.3 Å². The smallest absolute Gasteiger partial charge is 0.311 e. The van der Waals surface area contributed by atoms with Crippen LogP contribution in [0.3, 0.4) is 0 Å². The molecule has 24 heavy (non-hydrogen) atoms. The number of nitrogens with one attached hydrogen (secondary N) is 1. The molecular formula is C17H24FN3O3. The quantitative estimate of drug-likeness (QED) is 0.626. The second-order valence-electron chi connectivity index (χ2n) is 7.39. The number of hydrogen-bond donors (Lipinski definition) is 1. The van der Waals surface area contributed by atoms with Crippen molar-refractivity contribution in [3.8, 4) is 0 Å². The summed E-state index contributed by atoms with van der Waals surface area (Å²) in [7, 11) is 1.44. The number of hydrogen-bond acceptors (Lipinski definition) is 4. The Balaban J connectivity index is 1.56. The lowest BCUT2D eigenvalue weighted by atomic mass is 9.57. The minimum absolute atomic E-state index is 0.0199. The van der Waals surface area contributed by atoms with E-state index < -0.39 is 12.3 Å². The maximum Gasteiger partial charge on any atom is 0.311 e. The molecule has 1 amide bonds. The van der Waals surface area contributed by atoms with Crippen molar-refractivity contribution in [2.45, 2.75) is 62.8 Å². The Morgan fingerprint density at radius 3 is 2.46 bits per heavy atom. The van der Waals surface area contributed by atoms with E-state index in [4.69, 9.17) is 11.3 Å². The predicted molar refractivity (Wildman–Crippen MR) is 84.5 cm³/mol. The Hall–Kier alpha value is -1.68.